The zero-order valence-corrected chi connectivity index (χ0v) is 13.7. The van der Waals surface area contributed by atoms with Crippen LogP contribution in [0, 0.1) is 17.3 Å². The zero-order chi connectivity index (χ0) is 15.2. The Morgan fingerprint density at radius 3 is 2.05 bits per heavy atom. The van der Waals surface area contributed by atoms with E-state index in [4.69, 9.17) is 0 Å². The SMILES string of the molecule is CC.CCC(=O)C(NC(=O)C1C[C@H]1CC)C(C)(C)C. The first kappa shape index (κ1) is 18.1. The van der Waals surface area contributed by atoms with Crippen molar-refractivity contribution in [3.63, 3.8) is 0 Å². The molecule has 0 aliphatic heterocycles. The van der Waals surface area contributed by atoms with Crippen LogP contribution in [0.3, 0.4) is 0 Å². The van der Waals surface area contributed by atoms with Gasteiger partial charge in [-0.3, -0.25) is 9.59 Å². The van der Waals surface area contributed by atoms with E-state index in [2.05, 4.69) is 12.2 Å². The summed E-state index contributed by atoms with van der Waals surface area (Å²) in [6, 6.07) is -0.349. The number of carbonyl (C=O) groups is 2. The molecule has 3 nitrogen and oxygen atoms in total. The van der Waals surface area contributed by atoms with E-state index in [0.717, 1.165) is 12.8 Å². The molecule has 0 spiro atoms. The Labute approximate surface area is 118 Å². The molecule has 1 amide bonds. The monoisotopic (exact) mass is 269 g/mol. The van der Waals surface area contributed by atoms with Gasteiger partial charge in [0.05, 0.1) is 6.04 Å². The van der Waals surface area contributed by atoms with E-state index in [9.17, 15) is 9.59 Å². The molecule has 3 atom stereocenters. The van der Waals surface area contributed by atoms with E-state index in [0.29, 0.717) is 12.3 Å². The minimum Gasteiger partial charge on any atom is -0.346 e. The molecule has 0 heterocycles. The molecule has 1 N–H and O–H groups in total. The van der Waals surface area contributed by atoms with Gasteiger partial charge in [0.15, 0.2) is 5.78 Å². The van der Waals surface area contributed by atoms with Crippen LogP contribution in [0.25, 0.3) is 0 Å². The van der Waals surface area contributed by atoms with Gasteiger partial charge in [-0.05, 0) is 17.8 Å². The second-order valence-corrected chi connectivity index (χ2v) is 6.14. The molecular formula is C16H31NO2. The summed E-state index contributed by atoms with van der Waals surface area (Å²) < 4.78 is 0. The summed E-state index contributed by atoms with van der Waals surface area (Å²) in [6.07, 6.45) is 2.52. The molecule has 2 unspecified atom stereocenters. The first-order valence-corrected chi connectivity index (χ1v) is 7.64. The number of carbonyl (C=O) groups excluding carboxylic acids is 2. The quantitative estimate of drug-likeness (QED) is 0.829. The van der Waals surface area contributed by atoms with Gasteiger partial charge in [0.25, 0.3) is 0 Å². The summed E-state index contributed by atoms with van der Waals surface area (Å²) in [7, 11) is 0. The van der Waals surface area contributed by atoms with Crippen molar-refractivity contribution in [1.29, 1.82) is 0 Å². The minimum atomic E-state index is -0.349. The van der Waals surface area contributed by atoms with Crippen LogP contribution in [0.5, 0.6) is 0 Å². The Morgan fingerprint density at radius 2 is 1.74 bits per heavy atom. The lowest BCUT2D eigenvalue weighted by molar-refractivity contribution is -0.131. The minimum absolute atomic E-state index is 0.0681. The van der Waals surface area contributed by atoms with Gasteiger partial charge >= 0.3 is 0 Å². The van der Waals surface area contributed by atoms with Gasteiger partial charge in [0, 0.05) is 12.3 Å². The summed E-state index contributed by atoms with van der Waals surface area (Å²) in [6.45, 7) is 13.9. The summed E-state index contributed by atoms with van der Waals surface area (Å²) in [4.78, 5) is 23.9. The largest absolute Gasteiger partial charge is 0.346 e. The molecule has 0 aromatic heterocycles. The lowest BCUT2D eigenvalue weighted by Gasteiger charge is -2.30. The third kappa shape index (κ3) is 5.33. The lowest BCUT2D eigenvalue weighted by Crippen LogP contribution is -2.49. The van der Waals surface area contributed by atoms with Crippen molar-refractivity contribution in [2.24, 2.45) is 17.3 Å². The molecule has 112 valence electrons. The van der Waals surface area contributed by atoms with Gasteiger partial charge in [0.2, 0.25) is 5.91 Å². The van der Waals surface area contributed by atoms with E-state index >= 15 is 0 Å². The van der Waals surface area contributed by atoms with Crippen molar-refractivity contribution in [1.82, 2.24) is 5.32 Å². The van der Waals surface area contributed by atoms with Gasteiger partial charge in [0.1, 0.15) is 0 Å². The first-order valence-electron chi connectivity index (χ1n) is 7.64. The molecule has 0 aromatic carbocycles. The van der Waals surface area contributed by atoms with Crippen molar-refractivity contribution in [3.05, 3.63) is 0 Å². The van der Waals surface area contributed by atoms with E-state index in [1.807, 2.05) is 41.5 Å². The fourth-order valence-electron chi connectivity index (χ4n) is 2.25. The predicted molar refractivity (Wildman–Crippen MR) is 79.9 cm³/mol. The van der Waals surface area contributed by atoms with Crippen LogP contribution >= 0.6 is 0 Å². The Morgan fingerprint density at radius 1 is 1.21 bits per heavy atom. The molecule has 0 bridgehead atoms. The highest BCUT2D eigenvalue weighted by molar-refractivity contribution is 5.91. The number of rotatable bonds is 5. The molecule has 1 fully saturated rings. The van der Waals surface area contributed by atoms with Crippen molar-refractivity contribution >= 4 is 11.7 Å². The first-order chi connectivity index (χ1) is 8.81. The van der Waals surface area contributed by atoms with E-state index in [-0.39, 0.29) is 29.1 Å². The Kier molecular flexibility index (Phi) is 7.32. The van der Waals surface area contributed by atoms with Crippen molar-refractivity contribution in [3.8, 4) is 0 Å². The predicted octanol–water partition coefficient (Wildman–Crippen LogP) is 3.57. The maximum absolute atomic E-state index is 12.0. The van der Waals surface area contributed by atoms with Crippen LogP contribution in [0.1, 0.15) is 67.7 Å². The summed E-state index contributed by atoms with van der Waals surface area (Å²) in [5.41, 5.74) is -0.209. The maximum Gasteiger partial charge on any atom is 0.223 e. The molecule has 0 saturated heterocycles. The fourth-order valence-corrected chi connectivity index (χ4v) is 2.25. The number of Topliss-reactive ketones (excluding diaryl/α,β-unsaturated/α-hetero) is 1. The number of amides is 1. The molecule has 3 heteroatoms. The zero-order valence-electron chi connectivity index (χ0n) is 13.7. The van der Waals surface area contributed by atoms with E-state index in [1.165, 1.54) is 0 Å². The maximum atomic E-state index is 12.0. The van der Waals surface area contributed by atoms with E-state index < -0.39 is 0 Å². The molecule has 1 aliphatic rings. The van der Waals surface area contributed by atoms with Gasteiger partial charge in [-0.2, -0.15) is 0 Å². The van der Waals surface area contributed by atoms with Crippen LogP contribution in [0.4, 0.5) is 0 Å². The third-order valence-corrected chi connectivity index (χ3v) is 3.61. The number of hydrogen-bond acceptors (Lipinski definition) is 2. The van der Waals surface area contributed by atoms with Gasteiger partial charge in [-0.25, -0.2) is 0 Å². The topological polar surface area (TPSA) is 46.2 Å². The highest BCUT2D eigenvalue weighted by Crippen LogP contribution is 2.41. The highest BCUT2D eigenvalue weighted by atomic mass is 16.2. The average Bonchev–Trinajstić information content (AvgIpc) is 3.15. The molecule has 1 aliphatic carbocycles. The molecular weight excluding hydrogens is 238 g/mol. The summed E-state index contributed by atoms with van der Waals surface area (Å²) >= 11 is 0. The van der Waals surface area contributed by atoms with Gasteiger partial charge in [-0.1, -0.05) is 54.9 Å². The normalized spacial score (nSPS) is 22.9. The van der Waals surface area contributed by atoms with Gasteiger partial charge < -0.3 is 5.32 Å². The number of hydrogen-bond donors (Lipinski definition) is 1. The Bertz CT molecular complexity index is 304. The number of ketones is 1. The Balaban J connectivity index is 0.00000154. The second kappa shape index (κ2) is 7.66. The Hall–Kier alpha value is -0.860. The molecule has 0 aromatic rings. The van der Waals surface area contributed by atoms with Crippen LogP contribution in [-0.4, -0.2) is 17.7 Å². The second-order valence-electron chi connectivity index (χ2n) is 6.14. The number of nitrogens with one attached hydrogen (secondary N) is 1. The molecule has 1 rings (SSSR count). The van der Waals surface area contributed by atoms with Crippen molar-refractivity contribution in [2.75, 3.05) is 0 Å². The smallest absolute Gasteiger partial charge is 0.223 e. The van der Waals surface area contributed by atoms with Gasteiger partial charge in [-0.15, -0.1) is 0 Å². The van der Waals surface area contributed by atoms with Crippen molar-refractivity contribution in [2.45, 2.75) is 73.8 Å². The van der Waals surface area contributed by atoms with Crippen molar-refractivity contribution < 1.29 is 9.59 Å². The standard InChI is InChI=1S/C14H25NO2.C2H6/c1-6-9-8-10(9)13(17)15-12(11(16)7-2)14(3,4)5;1-2/h9-10,12H,6-8H2,1-5H3,(H,15,17);1-2H3/t9-,10?,12?;/m1./s1. The van der Waals surface area contributed by atoms with Crippen LogP contribution in [-0.2, 0) is 9.59 Å². The average molecular weight is 269 g/mol. The van der Waals surface area contributed by atoms with Crippen LogP contribution in [0.2, 0.25) is 0 Å². The molecule has 19 heavy (non-hydrogen) atoms. The molecule has 0 radical (unpaired) electrons. The summed E-state index contributed by atoms with van der Waals surface area (Å²) in [5.74, 6) is 0.875. The van der Waals surface area contributed by atoms with Crippen LogP contribution in [0.15, 0.2) is 0 Å². The van der Waals surface area contributed by atoms with Crippen LogP contribution < -0.4 is 5.32 Å². The van der Waals surface area contributed by atoms with E-state index in [1.54, 1.807) is 0 Å². The molecule has 1 saturated carbocycles. The highest BCUT2D eigenvalue weighted by Gasteiger charge is 2.43. The lowest BCUT2D eigenvalue weighted by atomic mass is 9.83. The fraction of sp³-hybridized carbons (Fsp3) is 0.875. The third-order valence-electron chi connectivity index (χ3n) is 3.61. The summed E-state index contributed by atoms with van der Waals surface area (Å²) in [5, 5.41) is 2.95.